The van der Waals surface area contributed by atoms with Crippen LogP contribution in [0.5, 0.6) is 0 Å². The van der Waals surface area contributed by atoms with Crippen molar-refractivity contribution in [1.82, 2.24) is 20.4 Å². The van der Waals surface area contributed by atoms with Gasteiger partial charge >= 0.3 is 0 Å². The molecule has 35 heavy (non-hydrogen) atoms. The molecule has 1 aliphatic heterocycles. The fraction of sp³-hybridized carbons (Fsp3) is 0.643. The maximum Gasteiger partial charge on any atom is 0.237 e. The largest absolute Gasteiger partial charge is 0.352 e. The van der Waals surface area contributed by atoms with Gasteiger partial charge < -0.3 is 5.32 Å². The SMILES string of the molecule is CC(C)(C)C1CCC(NC(=O)[C@@H]2C[C@@H](c3ccn(C(C)(C)C)n3)[C@H](c3ccc(Cl)c(F)c3)N2)CC1. The Morgan fingerprint density at radius 1 is 1.11 bits per heavy atom. The third-order valence-corrected chi connectivity index (χ3v) is 8.17. The quantitative estimate of drug-likeness (QED) is 0.513. The van der Waals surface area contributed by atoms with Gasteiger partial charge in [-0.05, 0) is 88.0 Å². The van der Waals surface area contributed by atoms with Crippen LogP contribution in [-0.4, -0.2) is 27.8 Å². The second-order valence-electron chi connectivity index (χ2n) is 12.5. The van der Waals surface area contributed by atoms with Crippen LogP contribution >= 0.6 is 11.6 Å². The number of nitrogens with zero attached hydrogens (tertiary/aromatic N) is 2. The van der Waals surface area contributed by atoms with Crippen LogP contribution in [0.15, 0.2) is 30.5 Å². The first-order chi connectivity index (χ1) is 16.3. The maximum atomic E-state index is 14.3. The summed E-state index contributed by atoms with van der Waals surface area (Å²) in [5.41, 5.74) is 1.86. The molecule has 1 amide bonds. The van der Waals surface area contributed by atoms with Crippen LogP contribution in [0.4, 0.5) is 4.39 Å². The molecule has 1 aromatic carbocycles. The minimum atomic E-state index is -0.451. The number of carbonyl (C=O) groups is 1. The molecule has 192 valence electrons. The van der Waals surface area contributed by atoms with Crippen molar-refractivity contribution in [3.05, 3.63) is 52.6 Å². The van der Waals surface area contributed by atoms with Crippen LogP contribution in [0, 0.1) is 17.2 Å². The van der Waals surface area contributed by atoms with Crippen molar-refractivity contribution in [2.24, 2.45) is 11.3 Å². The van der Waals surface area contributed by atoms with E-state index in [4.69, 9.17) is 16.7 Å². The summed E-state index contributed by atoms with van der Waals surface area (Å²) in [4.78, 5) is 13.3. The van der Waals surface area contributed by atoms with E-state index in [1.807, 2.05) is 23.0 Å². The van der Waals surface area contributed by atoms with Gasteiger partial charge in [0.25, 0.3) is 0 Å². The monoisotopic (exact) mass is 502 g/mol. The molecule has 1 saturated carbocycles. The number of carbonyl (C=O) groups excluding carboxylic acids is 1. The third-order valence-electron chi connectivity index (χ3n) is 7.87. The number of rotatable bonds is 4. The summed E-state index contributed by atoms with van der Waals surface area (Å²) in [6.45, 7) is 13.2. The van der Waals surface area contributed by atoms with E-state index in [1.54, 1.807) is 6.07 Å². The number of hydrogen-bond donors (Lipinski definition) is 2. The summed E-state index contributed by atoms with van der Waals surface area (Å²) in [6.07, 6.45) is 6.92. The van der Waals surface area contributed by atoms with Gasteiger partial charge in [0, 0.05) is 24.2 Å². The van der Waals surface area contributed by atoms with E-state index in [1.165, 1.54) is 6.07 Å². The fourth-order valence-electron chi connectivity index (χ4n) is 5.61. The number of hydrogen-bond acceptors (Lipinski definition) is 3. The van der Waals surface area contributed by atoms with E-state index in [0.717, 1.165) is 36.9 Å². The average molecular weight is 503 g/mol. The number of amides is 1. The van der Waals surface area contributed by atoms with Crippen LogP contribution in [0.25, 0.3) is 0 Å². The van der Waals surface area contributed by atoms with Gasteiger partial charge in [-0.3, -0.25) is 14.8 Å². The van der Waals surface area contributed by atoms with Gasteiger partial charge in [0.15, 0.2) is 0 Å². The first-order valence-electron chi connectivity index (χ1n) is 12.9. The van der Waals surface area contributed by atoms with Gasteiger partial charge in [-0.1, -0.05) is 38.4 Å². The van der Waals surface area contributed by atoms with E-state index in [9.17, 15) is 9.18 Å². The Morgan fingerprint density at radius 3 is 2.37 bits per heavy atom. The van der Waals surface area contributed by atoms with E-state index in [2.05, 4.69) is 52.2 Å². The zero-order valence-corrected chi connectivity index (χ0v) is 22.6. The van der Waals surface area contributed by atoms with Gasteiger partial charge in [0.2, 0.25) is 5.91 Å². The van der Waals surface area contributed by atoms with Gasteiger partial charge in [-0.15, -0.1) is 0 Å². The molecule has 1 aromatic heterocycles. The molecule has 7 heteroatoms. The fourth-order valence-corrected chi connectivity index (χ4v) is 5.73. The molecule has 4 rings (SSSR count). The highest BCUT2D eigenvalue weighted by molar-refractivity contribution is 6.30. The van der Waals surface area contributed by atoms with E-state index in [-0.39, 0.29) is 40.5 Å². The Labute approximate surface area is 214 Å². The van der Waals surface area contributed by atoms with Crippen LogP contribution in [0.2, 0.25) is 5.02 Å². The molecular weight excluding hydrogens is 463 g/mol. The van der Waals surface area contributed by atoms with Gasteiger partial charge in [0.1, 0.15) is 5.82 Å². The molecule has 0 unspecified atom stereocenters. The molecule has 1 saturated heterocycles. The molecule has 2 N–H and O–H groups in total. The summed E-state index contributed by atoms with van der Waals surface area (Å²) >= 11 is 5.94. The Morgan fingerprint density at radius 2 is 1.80 bits per heavy atom. The zero-order chi connectivity index (χ0) is 25.5. The van der Waals surface area contributed by atoms with E-state index < -0.39 is 5.82 Å². The highest BCUT2D eigenvalue weighted by Gasteiger charge is 2.41. The number of halogens is 2. The Balaban J connectivity index is 1.51. The lowest BCUT2D eigenvalue weighted by atomic mass is 9.71. The Kier molecular flexibility index (Phi) is 7.36. The molecule has 5 nitrogen and oxygen atoms in total. The van der Waals surface area contributed by atoms with Gasteiger partial charge in [-0.25, -0.2) is 4.39 Å². The summed E-state index contributed by atoms with van der Waals surface area (Å²) in [6, 6.07) is 6.55. The summed E-state index contributed by atoms with van der Waals surface area (Å²) < 4.78 is 16.3. The van der Waals surface area contributed by atoms with Crippen molar-refractivity contribution in [3.8, 4) is 0 Å². The predicted molar refractivity (Wildman–Crippen MR) is 139 cm³/mol. The molecule has 0 spiro atoms. The molecule has 0 bridgehead atoms. The predicted octanol–water partition coefficient (Wildman–Crippen LogP) is 6.34. The minimum Gasteiger partial charge on any atom is -0.352 e. The van der Waals surface area contributed by atoms with Gasteiger partial charge in [-0.2, -0.15) is 5.10 Å². The second-order valence-corrected chi connectivity index (χ2v) is 12.9. The first-order valence-corrected chi connectivity index (χ1v) is 13.3. The van der Waals surface area contributed by atoms with Crippen molar-refractivity contribution in [1.29, 1.82) is 0 Å². The summed E-state index contributed by atoms with van der Waals surface area (Å²) in [5, 5.41) is 11.7. The van der Waals surface area contributed by atoms with Crippen LogP contribution in [-0.2, 0) is 10.3 Å². The third kappa shape index (κ3) is 5.91. The van der Waals surface area contributed by atoms with Crippen molar-refractivity contribution < 1.29 is 9.18 Å². The number of nitrogens with one attached hydrogen (secondary N) is 2. The normalized spacial score (nSPS) is 27.7. The van der Waals surface area contributed by atoms with Crippen molar-refractivity contribution in [2.75, 3.05) is 0 Å². The van der Waals surface area contributed by atoms with Crippen LogP contribution in [0.1, 0.15) is 96.9 Å². The molecule has 2 aromatic rings. The first kappa shape index (κ1) is 26.2. The maximum absolute atomic E-state index is 14.3. The minimum absolute atomic E-state index is 0.0291. The molecule has 2 heterocycles. The lowest BCUT2D eigenvalue weighted by Gasteiger charge is -2.37. The molecule has 0 radical (unpaired) electrons. The van der Waals surface area contributed by atoms with Crippen molar-refractivity contribution in [2.45, 2.75) is 103 Å². The standard InChI is InChI=1S/C28H40ClFN4O/c1-27(2,3)18-8-10-19(11-9-18)31-26(35)24-16-20(23-13-14-34(33-23)28(4,5)6)25(32-24)17-7-12-21(29)22(30)15-17/h7,12-15,18-20,24-25,32H,8-11,16H2,1-6H3,(H,31,35)/t18?,19?,20-,24-,25-/m0/s1. The lowest BCUT2D eigenvalue weighted by Crippen LogP contribution is -2.47. The zero-order valence-electron chi connectivity index (χ0n) is 21.9. The van der Waals surface area contributed by atoms with Crippen molar-refractivity contribution >= 4 is 17.5 Å². The smallest absolute Gasteiger partial charge is 0.237 e. The lowest BCUT2D eigenvalue weighted by molar-refractivity contribution is -0.123. The molecule has 2 aliphatic rings. The van der Waals surface area contributed by atoms with Crippen LogP contribution < -0.4 is 10.6 Å². The molecule has 1 aliphatic carbocycles. The average Bonchev–Trinajstić information content (AvgIpc) is 3.43. The molecule has 2 fully saturated rings. The second kappa shape index (κ2) is 9.85. The Bertz CT molecular complexity index is 1050. The topological polar surface area (TPSA) is 59.0 Å². The number of aromatic nitrogens is 2. The highest BCUT2D eigenvalue weighted by atomic mass is 35.5. The Hall–Kier alpha value is -1.92. The highest BCUT2D eigenvalue weighted by Crippen LogP contribution is 2.41. The van der Waals surface area contributed by atoms with E-state index >= 15 is 0 Å². The molecule has 3 atom stereocenters. The van der Waals surface area contributed by atoms with E-state index in [0.29, 0.717) is 17.8 Å². The number of benzene rings is 1. The summed E-state index contributed by atoms with van der Waals surface area (Å²) in [5.74, 6) is 0.230. The summed E-state index contributed by atoms with van der Waals surface area (Å²) in [7, 11) is 0. The van der Waals surface area contributed by atoms with Gasteiger partial charge in [0.05, 0.1) is 22.3 Å². The van der Waals surface area contributed by atoms with Crippen LogP contribution in [0.3, 0.4) is 0 Å². The molecular formula is C28H40ClFN4O. The van der Waals surface area contributed by atoms with Crippen molar-refractivity contribution in [3.63, 3.8) is 0 Å².